The fraction of sp³-hybridized carbons (Fsp3) is 0.250. The quantitative estimate of drug-likeness (QED) is 0.377. The van der Waals surface area contributed by atoms with E-state index >= 15 is 0 Å². The number of benzene rings is 3. The highest BCUT2D eigenvalue weighted by Crippen LogP contribution is 2.27. The summed E-state index contributed by atoms with van der Waals surface area (Å²) in [5.74, 6) is -0.951. The van der Waals surface area contributed by atoms with Crippen LogP contribution in [0.15, 0.2) is 88.7 Å². The Labute approximate surface area is 232 Å². The number of nitrogens with zero attached hydrogens (tertiary/aromatic N) is 2. The first-order valence-electron chi connectivity index (χ1n) is 12.6. The number of urea groups is 1. The number of anilines is 1. The molecule has 0 radical (unpaired) electrons. The molecule has 1 aliphatic rings. The lowest BCUT2D eigenvalue weighted by Gasteiger charge is -2.31. The van der Waals surface area contributed by atoms with Crippen LogP contribution in [-0.2, 0) is 21.1 Å². The Morgan fingerprint density at radius 2 is 1.52 bits per heavy atom. The summed E-state index contributed by atoms with van der Waals surface area (Å²) in [4.78, 5) is 40.7. The molecule has 0 aromatic heterocycles. The molecule has 3 amide bonds. The number of ether oxygens (including phenoxy) is 1. The molecule has 11 nitrogen and oxygen atoms in total. The fourth-order valence-electron chi connectivity index (χ4n) is 4.13. The predicted molar refractivity (Wildman–Crippen MR) is 147 cm³/mol. The molecule has 1 aliphatic heterocycles. The molecular formula is C28H30N4O7S. The summed E-state index contributed by atoms with van der Waals surface area (Å²) in [6, 6.07) is 17.8. The van der Waals surface area contributed by atoms with Crippen LogP contribution in [0.3, 0.4) is 0 Å². The Bertz CT molecular complexity index is 1460. The van der Waals surface area contributed by atoms with E-state index in [1.165, 1.54) is 30.3 Å². The molecule has 0 unspecified atom stereocenters. The van der Waals surface area contributed by atoms with Crippen molar-refractivity contribution in [3.8, 4) is 5.75 Å². The summed E-state index contributed by atoms with van der Waals surface area (Å²) in [7, 11) is -1.95. The standard InChI is InChI=1S/C28H30N4O7S/c1-31-15-17-32(18-16-31)28(36)39-21-13-11-20(12-14-21)19-24(26(33)34)30-27(35)29-23-9-5-6-10-25(23)40(37,38)22-7-3-2-4-8-22/h2-14,24H,15-19H2,1H3,(H,33,34)(H2,29,30,35)/t24-/m0/s1. The van der Waals surface area contributed by atoms with Crippen molar-refractivity contribution in [1.29, 1.82) is 0 Å². The van der Waals surface area contributed by atoms with Crippen LogP contribution in [0.2, 0.25) is 0 Å². The maximum Gasteiger partial charge on any atom is 0.415 e. The first kappa shape index (κ1) is 28.6. The summed E-state index contributed by atoms with van der Waals surface area (Å²) in [6.45, 7) is 2.67. The highest BCUT2D eigenvalue weighted by atomic mass is 32.2. The van der Waals surface area contributed by atoms with Gasteiger partial charge in [-0.1, -0.05) is 42.5 Å². The Morgan fingerprint density at radius 1 is 0.900 bits per heavy atom. The zero-order chi connectivity index (χ0) is 28.7. The van der Waals surface area contributed by atoms with E-state index in [0.717, 1.165) is 13.1 Å². The van der Waals surface area contributed by atoms with Crippen molar-refractivity contribution >= 4 is 33.6 Å². The van der Waals surface area contributed by atoms with Gasteiger partial charge in [0.05, 0.1) is 15.5 Å². The van der Waals surface area contributed by atoms with Gasteiger partial charge in [0.2, 0.25) is 9.84 Å². The lowest BCUT2D eigenvalue weighted by molar-refractivity contribution is -0.139. The van der Waals surface area contributed by atoms with Crippen molar-refractivity contribution in [2.45, 2.75) is 22.3 Å². The second-order valence-electron chi connectivity index (χ2n) is 9.31. The molecule has 1 heterocycles. The van der Waals surface area contributed by atoms with Crippen LogP contribution in [0.25, 0.3) is 0 Å². The van der Waals surface area contributed by atoms with Crippen molar-refractivity contribution in [1.82, 2.24) is 15.1 Å². The van der Waals surface area contributed by atoms with Gasteiger partial charge in [-0.05, 0) is 49.0 Å². The fourth-order valence-corrected chi connectivity index (χ4v) is 5.57. The number of nitrogens with one attached hydrogen (secondary N) is 2. The van der Waals surface area contributed by atoms with Crippen LogP contribution in [0.4, 0.5) is 15.3 Å². The Balaban J connectivity index is 1.38. The zero-order valence-electron chi connectivity index (χ0n) is 21.8. The van der Waals surface area contributed by atoms with Crippen molar-refractivity contribution in [3.05, 3.63) is 84.4 Å². The monoisotopic (exact) mass is 566 g/mol. The van der Waals surface area contributed by atoms with Crippen LogP contribution in [0, 0.1) is 0 Å². The second-order valence-corrected chi connectivity index (χ2v) is 11.2. The molecule has 40 heavy (non-hydrogen) atoms. The van der Waals surface area contributed by atoms with Gasteiger partial charge in [0, 0.05) is 32.6 Å². The van der Waals surface area contributed by atoms with Crippen LogP contribution >= 0.6 is 0 Å². The van der Waals surface area contributed by atoms with Gasteiger partial charge in [-0.2, -0.15) is 0 Å². The van der Waals surface area contributed by atoms with Crippen LogP contribution < -0.4 is 15.4 Å². The SMILES string of the molecule is CN1CCN(C(=O)Oc2ccc(C[C@H](NC(=O)Nc3ccccc3S(=O)(=O)c3ccccc3)C(=O)O)cc2)CC1. The third-order valence-corrected chi connectivity index (χ3v) is 8.24. The van der Waals surface area contributed by atoms with Gasteiger partial charge in [0.15, 0.2) is 0 Å². The molecule has 1 atom stereocenters. The molecule has 0 aliphatic carbocycles. The summed E-state index contributed by atoms with van der Waals surface area (Å²) < 4.78 is 31.6. The van der Waals surface area contributed by atoms with Crippen LogP contribution in [0.5, 0.6) is 5.75 Å². The average molecular weight is 567 g/mol. The molecule has 3 aromatic rings. The van der Waals surface area contributed by atoms with Crippen LogP contribution in [-0.4, -0.2) is 80.7 Å². The number of piperazine rings is 1. The van der Waals surface area contributed by atoms with Gasteiger partial charge < -0.3 is 30.3 Å². The maximum atomic E-state index is 13.1. The zero-order valence-corrected chi connectivity index (χ0v) is 22.6. The van der Waals surface area contributed by atoms with E-state index in [-0.39, 0.29) is 21.9 Å². The average Bonchev–Trinajstić information content (AvgIpc) is 2.94. The highest BCUT2D eigenvalue weighted by Gasteiger charge is 2.25. The maximum absolute atomic E-state index is 13.1. The largest absolute Gasteiger partial charge is 0.480 e. The predicted octanol–water partition coefficient (Wildman–Crippen LogP) is 3.08. The lowest BCUT2D eigenvalue weighted by atomic mass is 10.1. The topological polar surface area (TPSA) is 145 Å². The van der Waals surface area contributed by atoms with Crippen LogP contribution in [0.1, 0.15) is 5.56 Å². The van der Waals surface area contributed by atoms with E-state index in [1.54, 1.807) is 53.4 Å². The van der Waals surface area contributed by atoms with Crippen molar-refractivity contribution in [2.24, 2.45) is 0 Å². The summed E-state index contributed by atoms with van der Waals surface area (Å²) in [6.07, 6.45) is -0.503. The third kappa shape index (κ3) is 7.16. The number of sulfone groups is 1. The third-order valence-electron chi connectivity index (χ3n) is 6.41. The second kappa shape index (κ2) is 12.6. The molecule has 3 N–H and O–H groups in total. The van der Waals surface area contributed by atoms with Gasteiger partial charge >= 0.3 is 18.1 Å². The molecule has 4 rings (SSSR count). The molecule has 210 valence electrons. The Morgan fingerprint density at radius 3 is 2.17 bits per heavy atom. The highest BCUT2D eigenvalue weighted by molar-refractivity contribution is 7.91. The first-order valence-corrected chi connectivity index (χ1v) is 14.1. The number of amides is 3. The van der Waals surface area contributed by atoms with Crippen molar-refractivity contribution in [2.75, 3.05) is 38.5 Å². The number of para-hydroxylation sites is 1. The summed E-state index contributed by atoms with van der Waals surface area (Å²) in [5, 5.41) is 14.6. The van der Waals surface area contributed by atoms with Crippen molar-refractivity contribution in [3.63, 3.8) is 0 Å². The lowest BCUT2D eigenvalue weighted by Crippen LogP contribution is -2.48. The number of rotatable bonds is 8. The molecule has 1 fully saturated rings. The summed E-state index contributed by atoms with van der Waals surface area (Å²) >= 11 is 0. The number of carboxylic acid groups (broad SMARTS) is 1. The molecule has 1 saturated heterocycles. The van der Waals surface area contributed by atoms with E-state index in [1.807, 2.05) is 7.05 Å². The van der Waals surface area contributed by atoms with Crippen molar-refractivity contribution < 1.29 is 32.6 Å². The Kier molecular flexibility index (Phi) is 9.02. The minimum atomic E-state index is -3.93. The van der Waals surface area contributed by atoms with E-state index in [2.05, 4.69) is 15.5 Å². The molecule has 12 heteroatoms. The van der Waals surface area contributed by atoms with E-state index < -0.39 is 34.0 Å². The van der Waals surface area contributed by atoms with E-state index in [9.17, 15) is 27.9 Å². The molecular weight excluding hydrogens is 536 g/mol. The number of carbonyl (C=O) groups is 3. The minimum Gasteiger partial charge on any atom is -0.480 e. The molecule has 3 aromatic carbocycles. The molecule has 0 spiro atoms. The van der Waals surface area contributed by atoms with E-state index in [0.29, 0.717) is 24.4 Å². The number of carbonyl (C=O) groups excluding carboxylic acids is 2. The van der Waals surface area contributed by atoms with Gasteiger partial charge in [0.25, 0.3) is 0 Å². The van der Waals surface area contributed by atoms with Gasteiger partial charge in [-0.15, -0.1) is 0 Å². The number of likely N-dealkylation sites (N-methyl/N-ethyl adjacent to an activating group) is 1. The van der Waals surface area contributed by atoms with E-state index in [4.69, 9.17) is 4.74 Å². The van der Waals surface area contributed by atoms with Gasteiger partial charge in [-0.3, -0.25) is 0 Å². The normalized spacial score (nSPS) is 14.7. The number of hydrogen-bond acceptors (Lipinski definition) is 7. The first-order chi connectivity index (χ1) is 19.1. The Hall–Kier alpha value is -4.42. The molecule has 0 saturated carbocycles. The number of carboxylic acids is 1. The van der Waals surface area contributed by atoms with Gasteiger partial charge in [-0.25, -0.2) is 22.8 Å². The smallest absolute Gasteiger partial charge is 0.415 e. The van der Waals surface area contributed by atoms with Gasteiger partial charge in [0.1, 0.15) is 11.8 Å². The minimum absolute atomic E-state index is 0.0134. The molecule has 0 bridgehead atoms. The summed E-state index contributed by atoms with van der Waals surface area (Å²) in [5.41, 5.74) is 0.596. The number of hydrogen-bond donors (Lipinski definition) is 3. The number of aliphatic carboxylic acids is 1.